The van der Waals surface area contributed by atoms with Gasteiger partial charge in [0.15, 0.2) is 0 Å². The Hall–Kier alpha value is -1.36. The topological polar surface area (TPSA) is 55.0 Å². The number of rotatable bonds is 1. The monoisotopic (exact) mass is 254 g/mol. The molecule has 0 saturated carbocycles. The second kappa shape index (κ2) is 3.42. The molecule has 0 aliphatic carbocycles. The minimum atomic E-state index is -0.427. The summed E-state index contributed by atoms with van der Waals surface area (Å²) in [6.45, 7) is 0. The first-order valence-electron chi connectivity index (χ1n) is 3.94. The van der Waals surface area contributed by atoms with Gasteiger partial charge in [0.25, 0.3) is 0 Å². The molecule has 0 aliphatic rings. The first kappa shape index (κ1) is 9.21. The van der Waals surface area contributed by atoms with E-state index >= 15 is 0 Å². The summed E-state index contributed by atoms with van der Waals surface area (Å²) in [5.41, 5.74) is 1.93. The van der Waals surface area contributed by atoms with Crippen molar-refractivity contribution < 1.29 is 9.53 Å². The molecular formula is C9H7BrN2O2. The zero-order chi connectivity index (χ0) is 10.1. The summed E-state index contributed by atoms with van der Waals surface area (Å²) in [5.74, 6) is -0.427. The van der Waals surface area contributed by atoms with E-state index in [2.05, 4.69) is 30.6 Å². The minimum absolute atomic E-state index is 0.312. The van der Waals surface area contributed by atoms with Crippen molar-refractivity contribution >= 4 is 32.9 Å². The van der Waals surface area contributed by atoms with Gasteiger partial charge in [0.2, 0.25) is 0 Å². The fourth-order valence-electron chi connectivity index (χ4n) is 1.19. The number of ether oxygens (including phenoxy) is 1. The van der Waals surface area contributed by atoms with E-state index in [0.717, 1.165) is 15.6 Å². The first-order chi connectivity index (χ1) is 6.70. The maximum Gasteiger partial charge on any atom is 0.356 e. The molecule has 0 aliphatic heterocycles. The number of aromatic nitrogens is 2. The Morgan fingerprint density at radius 2 is 2.36 bits per heavy atom. The van der Waals surface area contributed by atoms with Gasteiger partial charge in [-0.05, 0) is 34.1 Å². The Morgan fingerprint density at radius 1 is 1.57 bits per heavy atom. The van der Waals surface area contributed by atoms with E-state index < -0.39 is 5.97 Å². The van der Waals surface area contributed by atoms with E-state index in [4.69, 9.17) is 0 Å². The molecule has 0 fully saturated rings. The van der Waals surface area contributed by atoms with Gasteiger partial charge < -0.3 is 9.72 Å². The molecule has 0 unspecified atom stereocenters. The predicted molar refractivity (Wildman–Crippen MR) is 55.1 cm³/mol. The molecule has 72 valence electrons. The second-order valence-electron chi connectivity index (χ2n) is 2.74. The van der Waals surface area contributed by atoms with Gasteiger partial charge in [-0.3, -0.25) is 0 Å². The van der Waals surface area contributed by atoms with E-state index in [1.54, 1.807) is 12.1 Å². The molecule has 0 amide bonds. The third kappa shape index (κ3) is 1.50. The van der Waals surface area contributed by atoms with Gasteiger partial charge in [0.05, 0.1) is 22.7 Å². The van der Waals surface area contributed by atoms with E-state index in [9.17, 15) is 4.79 Å². The average Bonchev–Trinajstić information content (AvgIpc) is 2.55. The van der Waals surface area contributed by atoms with Crippen molar-refractivity contribution in [2.45, 2.75) is 0 Å². The highest BCUT2D eigenvalue weighted by Crippen LogP contribution is 2.17. The molecule has 2 rings (SSSR count). The number of halogens is 1. The van der Waals surface area contributed by atoms with E-state index in [0.29, 0.717) is 5.69 Å². The molecule has 0 atom stereocenters. The third-order valence-corrected chi connectivity index (χ3v) is 2.26. The molecule has 0 saturated heterocycles. The lowest BCUT2D eigenvalue weighted by molar-refractivity contribution is 0.0594. The van der Waals surface area contributed by atoms with Crippen LogP contribution in [-0.2, 0) is 4.74 Å². The SMILES string of the molecule is COC(=O)c1ccc2[nH]c(Br)cc2n1. The van der Waals surface area contributed by atoms with Crippen molar-refractivity contribution in [1.82, 2.24) is 9.97 Å². The summed E-state index contributed by atoms with van der Waals surface area (Å²) in [6.07, 6.45) is 0. The fourth-order valence-corrected chi connectivity index (χ4v) is 1.62. The maximum atomic E-state index is 11.2. The Balaban J connectivity index is 2.55. The lowest BCUT2D eigenvalue weighted by Crippen LogP contribution is -2.03. The Morgan fingerprint density at radius 3 is 3.07 bits per heavy atom. The van der Waals surface area contributed by atoms with Crippen molar-refractivity contribution in [2.24, 2.45) is 0 Å². The molecule has 2 aromatic rings. The van der Waals surface area contributed by atoms with E-state index in [1.807, 2.05) is 6.07 Å². The molecule has 2 heterocycles. The highest BCUT2D eigenvalue weighted by atomic mass is 79.9. The largest absolute Gasteiger partial charge is 0.464 e. The number of fused-ring (bicyclic) bond motifs is 1. The van der Waals surface area contributed by atoms with E-state index in [1.165, 1.54) is 7.11 Å². The standard InChI is InChI=1S/C9H7BrN2O2/c1-14-9(13)6-3-2-5-7(11-6)4-8(10)12-5/h2-4,12H,1H3. The highest BCUT2D eigenvalue weighted by molar-refractivity contribution is 9.10. The smallest absolute Gasteiger partial charge is 0.356 e. The van der Waals surface area contributed by atoms with Crippen LogP contribution in [0.3, 0.4) is 0 Å². The fraction of sp³-hybridized carbons (Fsp3) is 0.111. The highest BCUT2D eigenvalue weighted by Gasteiger charge is 2.08. The molecule has 0 bridgehead atoms. The number of nitrogens with one attached hydrogen (secondary N) is 1. The second-order valence-corrected chi connectivity index (χ2v) is 3.59. The summed E-state index contributed by atoms with van der Waals surface area (Å²) in [5, 5.41) is 0. The van der Waals surface area contributed by atoms with Crippen LogP contribution in [-0.4, -0.2) is 23.0 Å². The number of H-pyrrole nitrogens is 1. The number of hydrogen-bond donors (Lipinski definition) is 1. The summed E-state index contributed by atoms with van der Waals surface area (Å²) in [4.78, 5) is 18.3. The number of hydrogen-bond acceptors (Lipinski definition) is 3. The van der Waals surface area contributed by atoms with Crippen molar-refractivity contribution in [2.75, 3.05) is 7.11 Å². The zero-order valence-electron chi connectivity index (χ0n) is 7.37. The van der Waals surface area contributed by atoms with Gasteiger partial charge in [-0.15, -0.1) is 0 Å². The Bertz CT molecular complexity index is 493. The summed E-state index contributed by atoms with van der Waals surface area (Å²) in [6, 6.07) is 5.22. The van der Waals surface area contributed by atoms with Gasteiger partial charge in [-0.2, -0.15) is 0 Å². The number of methoxy groups -OCH3 is 1. The van der Waals surface area contributed by atoms with Gasteiger partial charge in [-0.25, -0.2) is 9.78 Å². The summed E-state index contributed by atoms with van der Waals surface area (Å²) in [7, 11) is 1.33. The Labute approximate surface area is 88.4 Å². The van der Waals surface area contributed by atoms with Gasteiger partial charge in [-0.1, -0.05) is 0 Å². The molecule has 1 N–H and O–H groups in total. The molecular weight excluding hydrogens is 248 g/mol. The molecule has 2 aromatic heterocycles. The average molecular weight is 255 g/mol. The van der Waals surface area contributed by atoms with Crippen LogP contribution in [0.5, 0.6) is 0 Å². The lowest BCUT2D eigenvalue weighted by Gasteiger charge is -1.97. The molecule has 5 heteroatoms. The molecule has 4 nitrogen and oxygen atoms in total. The summed E-state index contributed by atoms with van der Waals surface area (Å²) >= 11 is 3.29. The van der Waals surface area contributed by atoms with Crippen molar-refractivity contribution in [3.8, 4) is 0 Å². The van der Waals surface area contributed by atoms with Crippen LogP contribution in [0.1, 0.15) is 10.5 Å². The van der Waals surface area contributed by atoms with Crippen LogP contribution in [0.15, 0.2) is 22.8 Å². The van der Waals surface area contributed by atoms with E-state index in [-0.39, 0.29) is 0 Å². The van der Waals surface area contributed by atoms with Crippen molar-refractivity contribution in [3.63, 3.8) is 0 Å². The van der Waals surface area contributed by atoms with Crippen molar-refractivity contribution in [1.29, 1.82) is 0 Å². The van der Waals surface area contributed by atoms with Crippen LogP contribution in [0, 0.1) is 0 Å². The number of carbonyl (C=O) groups is 1. The van der Waals surface area contributed by atoms with Gasteiger partial charge >= 0.3 is 5.97 Å². The number of esters is 1. The Kier molecular flexibility index (Phi) is 2.25. The molecule has 0 radical (unpaired) electrons. The van der Waals surface area contributed by atoms with Crippen LogP contribution >= 0.6 is 15.9 Å². The van der Waals surface area contributed by atoms with Crippen LogP contribution in [0.4, 0.5) is 0 Å². The number of pyridine rings is 1. The van der Waals surface area contributed by atoms with Gasteiger partial charge in [0.1, 0.15) is 5.69 Å². The maximum absolute atomic E-state index is 11.2. The number of aromatic amines is 1. The molecule has 0 spiro atoms. The van der Waals surface area contributed by atoms with Crippen LogP contribution in [0.25, 0.3) is 11.0 Å². The van der Waals surface area contributed by atoms with Gasteiger partial charge in [0, 0.05) is 0 Å². The zero-order valence-corrected chi connectivity index (χ0v) is 8.96. The normalized spacial score (nSPS) is 10.4. The number of carbonyl (C=O) groups excluding carboxylic acids is 1. The molecule has 14 heavy (non-hydrogen) atoms. The minimum Gasteiger partial charge on any atom is -0.464 e. The van der Waals surface area contributed by atoms with Crippen molar-refractivity contribution in [3.05, 3.63) is 28.5 Å². The van der Waals surface area contributed by atoms with Crippen LogP contribution < -0.4 is 0 Å². The quantitative estimate of drug-likeness (QED) is 0.794. The first-order valence-corrected chi connectivity index (χ1v) is 4.73. The summed E-state index contributed by atoms with van der Waals surface area (Å²) < 4.78 is 5.40. The van der Waals surface area contributed by atoms with Crippen LogP contribution in [0.2, 0.25) is 0 Å². The molecule has 0 aromatic carbocycles. The predicted octanol–water partition coefficient (Wildman–Crippen LogP) is 2.11. The third-order valence-electron chi connectivity index (χ3n) is 1.84. The lowest BCUT2D eigenvalue weighted by atomic mass is 10.3. The number of nitrogens with zero attached hydrogens (tertiary/aromatic N) is 1.